The number of ether oxygens (including phenoxy) is 1. The average molecular weight is 337 g/mol. The fourth-order valence-electron chi connectivity index (χ4n) is 2.62. The van der Waals surface area contributed by atoms with Gasteiger partial charge in [-0.15, -0.1) is 0 Å². The molecule has 2 aromatic carbocycles. The highest BCUT2D eigenvalue weighted by Crippen LogP contribution is 2.16. The lowest BCUT2D eigenvalue weighted by molar-refractivity contribution is -0.143. The van der Waals surface area contributed by atoms with E-state index in [1.165, 1.54) is 0 Å². The van der Waals surface area contributed by atoms with Gasteiger partial charge in [-0.3, -0.25) is 9.59 Å². The molecular weight excluding hydrogens is 318 g/mol. The maximum atomic E-state index is 12.2. The second kappa shape index (κ2) is 7.61. The van der Waals surface area contributed by atoms with Gasteiger partial charge >= 0.3 is 5.97 Å². The maximum absolute atomic E-state index is 12.2. The third-order valence-electron chi connectivity index (χ3n) is 3.77. The van der Waals surface area contributed by atoms with Crippen molar-refractivity contribution in [2.24, 2.45) is 0 Å². The van der Waals surface area contributed by atoms with Gasteiger partial charge in [0.1, 0.15) is 12.4 Å². The van der Waals surface area contributed by atoms with Crippen LogP contribution in [0.4, 0.5) is 0 Å². The molecule has 0 spiro atoms. The number of benzene rings is 2. The summed E-state index contributed by atoms with van der Waals surface area (Å²) in [6.07, 6.45) is 0. The van der Waals surface area contributed by atoms with Crippen molar-refractivity contribution < 1.29 is 14.3 Å². The molecule has 3 aromatic rings. The van der Waals surface area contributed by atoms with E-state index >= 15 is 0 Å². The Hall–Kier alpha value is -3.15. The maximum Gasteiger partial charge on any atom is 0.326 e. The quantitative estimate of drug-likeness (QED) is 0.702. The molecule has 0 radical (unpaired) electrons. The molecule has 1 heterocycles. The number of imidazole rings is 1. The van der Waals surface area contributed by atoms with Crippen LogP contribution in [0.3, 0.4) is 0 Å². The summed E-state index contributed by atoms with van der Waals surface area (Å²) < 4.78 is 6.82. The number of hydrogen-bond donors (Lipinski definition) is 1. The lowest BCUT2D eigenvalue weighted by Gasteiger charge is -2.10. The molecule has 6 heteroatoms. The van der Waals surface area contributed by atoms with Crippen LogP contribution in [0, 0.1) is 0 Å². The summed E-state index contributed by atoms with van der Waals surface area (Å²) in [6, 6.07) is 16.5. The number of fused-ring (bicyclic) bond motifs is 1. The molecule has 0 atom stereocenters. The first kappa shape index (κ1) is 16.7. The van der Waals surface area contributed by atoms with Crippen molar-refractivity contribution in [3.05, 3.63) is 66.0 Å². The van der Waals surface area contributed by atoms with Crippen LogP contribution in [0.1, 0.15) is 23.1 Å². The van der Waals surface area contributed by atoms with Gasteiger partial charge in [0, 0.05) is 5.56 Å². The molecule has 25 heavy (non-hydrogen) atoms. The van der Waals surface area contributed by atoms with E-state index < -0.39 is 0 Å². The summed E-state index contributed by atoms with van der Waals surface area (Å²) >= 11 is 0. The van der Waals surface area contributed by atoms with Gasteiger partial charge < -0.3 is 14.6 Å². The predicted molar refractivity (Wildman–Crippen MR) is 94.0 cm³/mol. The number of hydrogen-bond acceptors (Lipinski definition) is 4. The second-order valence-corrected chi connectivity index (χ2v) is 5.46. The van der Waals surface area contributed by atoms with Crippen LogP contribution in [0.25, 0.3) is 11.0 Å². The van der Waals surface area contributed by atoms with E-state index in [-0.39, 0.29) is 25.0 Å². The Bertz CT molecular complexity index is 887. The first-order valence-corrected chi connectivity index (χ1v) is 8.12. The van der Waals surface area contributed by atoms with E-state index in [1.54, 1.807) is 23.6 Å². The summed E-state index contributed by atoms with van der Waals surface area (Å²) in [7, 11) is 0. The van der Waals surface area contributed by atoms with E-state index in [0.717, 1.165) is 11.0 Å². The minimum atomic E-state index is -0.332. The minimum absolute atomic E-state index is 0.0604. The van der Waals surface area contributed by atoms with Crippen molar-refractivity contribution in [2.75, 3.05) is 6.61 Å². The summed E-state index contributed by atoms with van der Waals surface area (Å²) in [5.74, 6) is 0.0927. The zero-order chi connectivity index (χ0) is 17.6. The Morgan fingerprint density at radius 1 is 1.08 bits per heavy atom. The fraction of sp³-hybridized carbons (Fsp3) is 0.211. The number of carbonyl (C=O) groups excluding carboxylic acids is 2. The van der Waals surface area contributed by atoms with Crippen LogP contribution in [-0.2, 0) is 22.6 Å². The van der Waals surface area contributed by atoms with Crippen LogP contribution in [0.15, 0.2) is 54.6 Å². The van der Waals surface area contributed by atoms with E-state index in [9.17, 15) is 9.59 Å². The number of amides is 1. The molecule has 6 nitrogen and oxygen atoms in total. The smallest absolute Gasteiger partial charge is 0.326 e. The van der Waals surface area contributed by atoms with Gasteiger partial charge in [0.2, 0.25) is 0 Å². The first-order chi connectivity index (χ1) is 12.2. The topological polar surface area (TPSA) is 73.2 Å². The highest BCUT2D eigenvalue weighted by atomic mass is 16.5. The lowest BCUT2D eigenvalue weighted by atomic mass is 10.2. The van der Waals surface area contributed by atoms with Crippen molar-refractivity contribution in [1.82, 2.24) is 14.9 Å². The molecule has 0 unspecified atom stereocenters. The highest BCUT2D eigenvalue weighted by Gasteiger charge is 2.15. The molecule has 0 bridgehead atoms. The summed E-state index contributed by atoms with van der Waals surface area (Å²) in [4.78, 5) is 28.7. The van der Waals surface area contributed by atoms with Crippen LogP contribution in [0.5, 0.6) is 0 Å². The average Bonchev–Trinajstić information content (AvgIpc) is 2.98. The number of esters is 1. The molecular formula is C19H19N3O3. The minimum Gasteiger partial charge on any atom is -0.465 e. The predicted octanol–water partition coefficient (Wildman–Crippen LogP) is 2.53. The molecule has 128 valence electrons. The van der Waals surface area contributed by atoms with Gasteiger partial charge in [0.25, 0.3) is 5.91 Å². The monoisotopic (exact) mass is 337 g/mol. The zero-order valence-electron chi connectivity index (χ0n) is 13.9. The normalized spacial score (nSPS) is 10.6. The third kappa shape index (κ3) is 3.85. The number of para-hydroxylation sites is 2. The third-order valence-corrected chi connectivity index (χ3v) is 3.77. The molecule has 0 aliphatic heterocycles. The molecule has 0 fully saturated rings. The van der Waals surface area contributed by atoms with Crippen molar-refractivity contribution in [3.63, 3.8) is 0 Å². The van der Waals surface area contributed by atoms with E-state index in [0.29, 0.717) is 18.0 Å². The molecule has 1 N–H and O–H groups in total. The van der Waals surface area contributed by atoms with Crippen LogP contribution in [0.2, 0.25) is 0 Å². The number of nitrogens with zero attached hydrogens (tertiary/aromatic N) is 2. The standard InChI is InChI=1S/C19H19N3O3/c1-2-25-18(23)13-22-16-11-7-6-10-15(16)21-17(22)12-20-19(24)14-8-4-3-5-9-14/h3-11H,2,12-13H2,1H3,(H,20,24). The van der Waals surface area contributed by atoms with Gasteiger partial charge in [-0.25, -0.2) is 4.98 Å². The van der Waals surface area contributed by atoms with Crippen LogP contribution in [-0.4, -0.2) is 28.0 Å². The van der Waals surface area contributed by atoms with E-state index in [1.807, 2.05) is 42.5 Å². The molecule has 1 amide bonds. The van der Waals surface area contributed by atoms with Crippen molar-refractivity contribution in [2.45, 2.75) is 20.0 Å². The summed E-state index contributed by atoms with van der Waals surface area (Å²) in [5, 5.41) is 2.85. The molecule has 1 aromatic heterocycles. The van der Waals surface area contributed by atoms with Crippen LogP contribution < -0.4 is 5.32 Å². The molecule has 0 saturated carbocycles. The number of aromatic nitrogens is 2. The SMILES string of the molecule is CCOC(=O)Cn1c(CNC(=O)c2ccccc2)nc2ccccc21. The Kier molecular flexibility index (Phi) is 5.09. The Labute approximate surface area is 145 Å². The van der Waals surface area contributed by atoms with Gasteiger partial charge in [-0.05, 0) is 31.2 Å². The van der Waals surface area contributed by atoms with E-state index in [2.05, 4.69) is 10.3 Å². The molecule has 0 aliphatic rings. The Balaban J connectivity index is 1.82. The molecule has 0 saturated heterocycles. The fourth-order valence-corrected chi connectivity index (χ4v) is 2.62. The van der Waals surface area contributed by atoms with Gasteiger partial charge in [-0.1, -0.05) is 30.3 Å². The second-order valence-electron chi connectivity index (χ2n) is 5.46. The largest absolute Gasteiger partial charge is 0.465 e. The van der Waals surface area contributed by atoms with Crippen molar-refractivity contribution >= 4 is 22.9 Å². The van der Waals surface area contributed by atoms with Gasteiger partial charge in [-0.2, -0.15) is 0 Å². The van der Waals surface area contributed by atoms with Crippen LogP contribution >= 0.6 is 0 Å². The Morgan fingerprint density at radius 2 is 1.80 bits per heavy atom. The van der Waals surface area contributed by atoms with Gasteiger partial charge in [0.05, 0.1) is 24.2 Å². The molecule has 3 rings (SSSR count). The first-order valence-electron chi connectivity index (χ1n) is 8.12. The van der Waals surface area contributed by atoms with Crippen molar-refractivity contribution in [3.8, 4) is 0 Å². The Morgan fingerprint density at radius 3 is 2.56 bits per heavy atom. The zero-order valence-corrected chi connectivity index (χ0v) is 13.9. The molecule has 0 aliphatic carbocycles. The summed E-state index contributed by atoms with van der Waals surface area (Å²) in [6.45, 7) is 2.38. The lowest BCUT2D eigenvalue weighted by Crippen LogP contribution is -2.25. The summed E-state index contributed by atoms with van der Waals surface area (Å²) in [5.41, 5.74) is 2.19. The van der Waals surface area contributed by atoms with Gasteiger partial charge in [0.15, 0.2) is 0 Å². The van der Waals surface area contributed by atoms with E-state index in [4.69, 9.17) is 4.74 Å². The number of carbonyl (C=O) groups is 2. The highest BCUT2D eigenvalue weighted by molar-refractivity contribution is 5.94. The van der Waals surface area contributed by atoms with Crippen molar-refractivity contribution in [1.29, 1.82) is 0 Å². The number of nitrogens with one attached hydrogen (secondary N) is 1. The number of rotatable bonds is 6.